The zero-order valence-corrected chi connectivity index (χ0v) is 11.2. The second kappa shape index (κ2) is 6.19. The summed E-state index contributed by atoms with van der Waals surface area (Å²) in [6.45, 7) is 2.08. The summed E-state index contributed by atoms with van der Waals surface area (Å²) in [6.07, 6.45) is 0.744. The van der Waals surface area contributed by atoms with Gasteiger partial charge in [0.05, 0.1) is 6.42 Å². The fourth-order valence-electron chi connectivity index (χ4n) is 1.97. The Hall–Kier alpha value is -2.36. The maximum Gasteiger partial charge on any atom is 0.307 e. The van der Waals surface area contributed by atoms with E-state index in [2.05, 4.69) is 12.2 Å². The quantitative estimate of drug-likeness (QED) is 0.872. The fourth-order valence-corrected chi connectivity index (χ4v) is 1.97. The zero-order chi connectivity index (χ0) is 14.5. The number of anilines is 2. The van der Waals surface area contributed by atoms with E-state index < -0.39 is 11.8 Å². The standard InChI is InChI=1S/C16H16FNO2/c1-2-11-3-6-14(7-4-11)18-15-8-5-13(17)9-12(15)10-16(19)20/h3-9,18H,2,10H2,1H3,(H,19,20). The third kappa shape index (κ3) is 3.57. The minimum atomic E-state index is -0.986. The molecule has 0 fully saturated rings. The Bertz CT molecular complexity index is 608. The maximum atomic E-state index is 13.2. The van der Waals surface area contributed by atoms with E-state index in [-0.39, 0.29) is 6.42 Å². The van der Waals surface area contributed by atoms with Crippen LogP contribution in [0, 0.1) is 5.82 Å². The summed E-state index contributed by atoms with van der Waals surface area (Å²) in [5.74, 6) is -1.42. The Morgan fingerprint density at radius 1 is 1.20 bits per heavy atom. The van der Waals surface area contributed by atoms with Crippen molar-refractivity contribution in [3.05, 3.63) is 59.4 Å². The molecule has 20 heavy (non-hydrogen) atoms. The van der Waals surface area contributed by atoms with Gasteiger partial charge in [-0.3, -0.25) is 4.79 Å². The second-order valence-electron chi connectivity index (χ2n) is 4.55. The minimum absolute atomic E-state index is 0.215. The van der Waals surface area contributed by atoms with E-state index in [0.717, 1.165) is 12.1 Å². The molecule has 0 aliphatic rings. The summed E-state index contributed by atoms with van der Waals surface area (Å²) in [4.78, 5) is 10.8. The van der Waals surface area contributed by atoms with Crippen molar-refractivity contribution < 1.29 is 14.3 Å². The van der Waals surface area contributed by atoms with Crippen molar-refractivity contribution in [3.63, 3.8) is 0 Å². The Labute approximate surface area is 117 Å². The van der Waals surface area contributed by atoms with Crippen LogP contribution in [0.5, 0.6) is 0 Å². The van der Waals surface area contributed by atoms with Crippen molar-refractivity contribution >= 4 is 17.3 Å². The molecule has 4 heteroatoms. The van der Waals surface area contributed by atoms with E-state index >= 15 is 0 Å². The highest BCUT2D eigenvalue weighted by Crippen LogP contribution is 2.23. The second-order valence-corrected chi connectivity index (χ2v) is 4.55. The molecule has 0 radical (unpaired) electrons. The largest absolute Gasteiger partial charge is 0.481 e. The summed E-state index contributed by atoms with van der Waals surface area (Å²) in [5.41, 5.74) is 3.11. The van der Waals surface area contributed by atoms with Crippen molar-refractivity contribution in [1.82, 2.24) is 0 Å². The Kier molecular flexibility index (Phi) is 4.35. The number of hydrogen-bond donors (Lipinski definition) is 2. The van der Waals surface area contributed by atoms with Gasteiger partial charge in [0.15, 0.2) is 0 Å². The van der Waals surface area contributed by atoms with Gasteiger partial charge in [0, 0.05) is 11.4 Å². The number of carboxylic acid groups (broad SMARTS) is 1. The van der Waals surface area contributed by atoms with Crippen LogP contribution in [0.25, 0.3) is 0 Å². The molecule has 2 N–H and O–H groups in total. The molecular formula is C16H16FNO2. The van der Waals surface area contributed by atoms with Gasteiger partial charge >= 0.3 is 5.97 Å². The van der Waals surface area contributed by atoms with Gasteiger partial charge in [-0.15, -0.1) is 0 Å². The lowest BCUT2D eigenvalue weighted by atomic mass is 10.1. The first kappa shape index (κ1) is 14.1. The number of nitrogens with one attached hydrogen (secondary N) is 1. The molecule has 104 valence electrons. The van der Waals surface area contributed by atoms with Gasteiger partial charge in [-0.2, -0.15) is 0 Å². The highest BCUT2D eigenvalue weighted by atomic mass is 19.1. The van der Waals surface area contributed by atoms with Gasteiger partial charge in [-0.25, -0.2) is 4.39 Å². The first-order chi connectivity index (χ1) is 9.58. The van der Waals surface area contributed by atoms with Crippen LogP contribution in [0.2, 0.25) is 0 Å². The van der Waals surface area contributed by atoms with Crippen LogP contribution in [0.4, 0.5) is 15.8 Å². The third-order valence-electron chi connectivity index (χ3n) is 3.05. The first-order valence-corrected chi connectivity index (χ1v) is 6.44. The number of benzene rings is 2. The normalized spacial score (nSPS) is 10.3. The molecular weight excluding hydrogens is 257 g/mol. The van der Waals surface area contributed by atoms with Gasteiger partial charge in [-0.05, 0) is 47.9 Å². The van der Waals surface area contributed by atoms with Crippen molar-refractivity contribution in [3.8, 4) is 0 Å². The van der Waals surface area contributed by atoms with E-state index in [9.17, 15) is 9.18 Å². The number of aliphatic carboxylic acids is 1. The SMILES string of the molecule is CCc1ccc(Nc2ccc(F)cc2CC(=O)O)cc1. The summed E-state index contributed by atoms with van der Waals surface area (Å²) in [7, 11) is 0. The average molecular weight is 273 g/mol. The number of rotatable bonds is 5. The van der Waals surface area contributed by atoms with Crippen LogP contribution >= 0.6 is 0 Å². The molecule has 3 nitrogen and oxygen atoms in total. The highest BCUT2D eigenvalue weighted by Gasteiger charge is 2.08. The van der Waals surface area contributed by atoms with Gasteiger partial charge < -0.3 is 10.4 Å². The molecule has 0 aliphatic carbocycles. The first-order valence-electron chi connectivity index (χ1n) is 6.44. The van der Waals surface area contributed by atoms with Crippen molar-refractivity contribution in [2.24, 2.45) is 0 Å². The molecule has 0 saturated heterocycles. The smallest absolute Gasteiger partial charge is 0.307 e. The van der Waals surface area contributed by atoms with Crippen LogP contribution in [0.1, 0.15) is 18.1 Å². The molecule has 0 amide bonds. The maximum absolute atomic E-state index is 13.2. The van der Waals surface area contributed by atoms with Crippen LogP contribution in [0.15, 0.2) is 42.5 Å². The van der Waals surface area contributed by atoms with E-state index in [0.29, 0.717) is 11.3 Å². The third-order valence-corrected chi connectivity index (χ3v) is 3.05. The van der Waals surface area contributed by atoms with Crippen molar-refractivity contribution in [2.45, 2.75) is 19.8 Å². The Morgan fingerprint density at radius 3 is 2.50 bits per heavy atom. The Balaban J connectivity index is 2.25. The van der Waals surface area contributed by atoms with Gasteiger partial charge in [-0.1, -0.05) is 19.1 Å². The van der Waals surface area contributed by atoms with Crippen molar-refractivity contribution in [1.29, 1.82) is 0 Å². The molecule has 2 aromatic rings. The minimum Gasteiger partial charge on any atom is -0.481 e. The lowest BCUT2D eigenvalue weighted by Crippen LogP contribution is -2.04. The summed E-state index contributed by atoms with van der Waals surface area (Å²) >= 11 is 0. The number of carbonyl (C=O) groups is 1. The molecule has 0 aliphatic heterocycles. The van der Waals surface area contributed by atoms with E-state index in [1.54, 1.807) is 6.07 Å². The monoisotopic (exact) mass is 273 g/mol. The van der Waals surface area contributed by atoms with E-state index in [4.69, 9.17) is 5.11 Å². The summed E-state index contributed by atoms with van der Waals surface area (Å²) < 4.78 is 13.2. The number of hydrogen-bond acceptors (Lipinski definition) is 2. The molecule has 0 unspecified atom stereocenters. The molecule has 0 aromatic heterocycles. The average Bonchev–Trinajstić information content (AvgIpc) is 2.42. The molecule has 0 saturated carbocycles. The molecule has 2 aromatic carbocycles. The number of carboxylic acids is 1. The molecule has 0 atom stereocenters. The zero-order valence-electron chi connectivity index (χ0n) is 11.2. The van der Waals surface area contributed by atoms with Crippen molar-refractivity contribution in [2.75, 3.05) is 5.32 Å². The Morgan fingerprint density at radius 2 is 1.90 bits per heavy atom. The predicted octanol–water partition coefficient (Wildman–Crippen LogP) is 3.76. The number of aryl methyl sites for hydroxylation is 1. The highest BCUT2D eigenvalue weighted by molar-refractivity contribution is 5.75. The van der Waals surface area contributed by atoms with Crippen LogP contribution < -0.4 is 5.32 Å². The van der Waals surface area contributed by atoms with E-state index in [1.165, 1.54) is 17.7 Å². The van der Waals surface area contributed by atoms with Crippen LogP contribution in [-0.2, 0) is 17.6 Å². The summed E-state index contributed by atoms with van der Waals surface area (Å²) in [5, 5.41) is 12.0. The molecule has 0 bridgehead atoms. The molecule has 0 heterocycles. The van der Waals surface area contributed by atoms with E-state index in [1.807, 2.05) is 24.3 Å². The summed E-state index contributed by atoms with van der Waals surface area (Å²) in [6, 6.07) is 12.0. The van der Waals surface area contributed by atoms with Gasteiger partial charge in [0.25, 0.3) is 0 Å². The lowest BCUT2D eigenvalue weighted by Gasteiger charge is -2.11. The molecule has 0 spiro atoms. The number of halogens is 1. The predicted molar refractivity (Wildman–Crippen MR) is 76.8 cm³/mol. The van der Waals surface area contributed by atoms with Gasteiger partial charge in [0.1, 0.15) is 5.82 Å². The fraction of sp³-hybridized carbons (Fsp3) is 0.188. The van der Waals surface area contributed by atoms with Crippen LogP contribution in [0.3, 0.4) is 0 Å². The van der Waals surface area contributed by atoms with Gasteiger partial charge in [0.2, 0.25) is 0 Å². The lowest BCUT2D eigenvalue weighted by molar-refractivity contribution is -0.136. The topological polar surface area (TPSA) is 49.3 Å². The molecule has 2 rings (SSSR count). The van der Waals surface area contributed by atoms with Crippen LogP contribution in [-0.4, -0.2) is 11.1 Å².